The van der Waals surface area contributed by atoms with Gasteiger partial charge in [-0.3, -0.25) is 4.90 Å². The van der Waals surface area contributed by atoms with Gasteiger partial charge in [0.15, 0.2) is 0 Å². The van der Waals surface area contributed by atoms with Gasteiger partial charge in [0.25, 0.3) is 0 Å². The summed E-state index contributed by atoms with van der Waals surface area (Å²) in [4.78, 5) is 2.47. The number of halogens is 2. The van der Waals surface area contributed by atoms with Crippen LogP contribution >= 0.6 is 24.0 Å². The van der Waals surface area contributed by atoms with Crippen LogP contribution in [-0.2, 0) is 6.54 Å². The average molecular weight is 303 g/mol. The summed E-state index contributed by atoms with van der Waals surface area (Å²) >= 11 is 6.18. The molecule has 1 aliphatic rings. The van der Waals surface area contributed by atoms with Crippen molar-refractivity contribution in [2.75, 3.05) is 20.1 Å². The van der Waals surface area contributed by atoms with Crippen molar-refractivity contribution in [3.63, 3.8) is 0 Å². The van der Waals surface area contributed by atoms with Gasteiger partial charge in [-0.1, -0.05) is 23.7 Å². The Hall–Kier alpha value is -0.280. The van der Waals surface area contributed by atoms with Crippen LogP contribution < -0.4 is 5.32 Å². The summed E-state index contributed by atoms with van der Waals surface area (Å²) in [6, 6.07) is 7.09. The Kier molecular flexibility index (Phi) is 7.16. The lowest BCUT2D eigenvalue weighted by Crippen LogP contribution is -2.32. The Morgan fingerprint density at radius 2 is 2.11 bits per heavy atom. The molecule has 108 valence electrons. The Labute approximate surface area is 127 Å². The Bertz CT molecular complexity index is 388. The zero-order valence-corrected chi connectivity index (χ0v) is 13.4. The lowest BCUT2D eigenvalue weighted by atomic mass is 10.1. The van der Waals surface area contributed by atoms with Crippen molar-refractivity contribution in [1.29, 1.82) is 0 Å². The molecule has 1 aromatic rings. The summed E-state index contributed by atoms with van der Waals surface area (Å²) in [6.45, 7) is 5.35. The van der Waals surface area contributed by atoms with E-state index < -0.39 is 0 Å². The molecule has 1 N–H and O–H groups in total. The molecule has 0 aromatic heterocycles. The highest BCUT2D eigenvalue weighted by molar-refractivity contribution is 6.31. The standard InChI is InChI=1S/C15H23ClN2.ClH/c1-12-5-6-13(10-15(12)16)11-18(2)14-4-3-8-17-9-7-14;/h5-6,10,14,17H,3-4,7-9,11H2,1-2H3;1H. The topological polar surface area (TPSA) is 15.3 Å². The highest BCUT2D eigenvalue weighted by atomic mass is 35.5. The first-order valence-electron chi connectivity index (χ1n) is 6.83. The molecule has 1 saturated heterocycles. The van der Waals surface area contributed by atoms with E-state index in [1.165, 1.54) is 31.4 Å². The molecule has 4 heteroatoms. The third-order valence-corrected chi connectivity index (χ3v) is 4.24. The maximum Gasteiger partial charge on any atom is 0.0438 e. The summed E-state index contributed by atoms with van der Waals surface area (Å²) in [6.07, 6.45) is 3.82. The van der Waals surface area contributed by atoms with Gasteiger partial charge in [0.1, 0.15) is 0 Å². The molecule has 1 heterocycles. The normalized spacial score (nSPS) is 19.9. The Morgan fingerprint density at radius 3 is 2.84 bits per heavy atom. The summed E-state index contributed by atoms with van der Waals surface area (Å²) in [5.74, 6) is 0. The highest BCUT2D eigenvalue weighted by Gasteiger charge is 2.16. The average Bonchev–Trinajstić information content (AvgIpc) is 2.62. The molecule has 19 heavy (non-hydrogen) atoms. The maximum absolute atomic E-state index is 6.18. The zero-order chi connectivity index (χ0) is 13.0. The number of nitrogens with one attached hydrogen (secondary N) is 1. The summed E-state index contributed by atoms with van der Waals surface area (Å²) in [5.41, 5.74) is 2.46. The van der Waals surface area contributed by atoms with Gasteiger partial charge in [-0.05, 0) is 63.5 Å². The quantitative estimate of drug-likeness (QED) is 0.917. The molecule has 0 amide bonds. The van der Waals surface area contributed by atoms with Gasteiger partial charge in [-0.25, -0.2) is 0 Å². The third-order valence-electron chi connectivity index (χ3n) is 3.84. The molecule has 1 atom stereocenters. The van der Waals surface area contributed by atoms with Crippen LogP contribution in [0.4, 0.5) is 0 Å². The van der Waals surface area contributed by atoms with E-state index in [-0.39, 0.29) is 12.4 Å². The van der Waals surface area contributed by atoms with Crippen molar-refractivity contribution < 1.29 is 0 Å². The van der Waals surface area contributed by atoms with E-state index in [4.69, 9.17) is 11.6 Å². The Morgan fingerprint density at radius 1 is 1.32 bits per heavy atom. The number of aryl methyl sites for hydroxylation is 1. The first kappa shape index (κ1) is 16.8. The predicted molar refractivity (Wildman–Crippen MR) is 85.4 cm³/mol. The number of benzene rings is 1. The molecule has 2 nitrogen and oxygen atoms in total. The van der Waals surface area contributed by atoms with Crippen LogP contribution in [0.2, 0.25) is 5.02 Å². The molecule has 0 aliphatic carbocycles. The van der Waals surface area contributed by atoms with Gasteiger partial charge < -0.3 is 5.32 Å². The smallest absolute Gasteiger partial charge is 0.0438 e. The van der Waals surface area contributed by atoms with Crippen molar-refractivity contribution in [3.8, 4) is 0 Å². The van der Waals surface area contributed by atoms with E-state index in [2.05, 4.69) is 35.5 Å². The molecule has 1 aliphatic heterocycles. The van der Waals surface area contributed by atoms with Crippen molar-refractivity contribution in [2.24, 2.45) is 0 Å². The molecule has 1 unspecified atom stereocenters. The summed E-state index contributed by atoms with van der Waals surface area (Å²) in [7, 11) is 2.23. The molecule has 1 aromatic carbocycles. The fourth-order valence-corrected chi connectivity index (χ4v) is 2.80. The molecule has 0 spiro atoms. The van der Waals surface area contributed by atoms with Crippen LogP contribution in [0.15, 0.2) is 18.2 Å². The van der Waals surface area contributed by atoms with Crippen LogP contribution in [0.3, 0.4) is 0 Å². The van der Waals surface area contributed by atoms with Crippen LogP contribution in [0.1, 0.15) is 30.4 Å². The number of hydrogen-bond acceptors (Lipinski definition) is 2. The van der Waals surface area contributed by atoms with Crippen molar-refractivity contribution in [2.45, 2.75) is 38.8 Å². The number of hydrogen-bond donors (Lipinski definition) is 1. The molecular weight excluding hydrogens is 279 g/mol. The molecule has 0 saturated carbocycles. The zero-order valence-electron chi connectivity index (χ0n) is 11.8. The minimum atomic E-state index is 0. The van der Waals surface area contributed by atoms with Crippen LogP contribution in [0.25, 0.3) is 0 Å². The van der Waals surface area contributed by atoms with E-state index in [0.29, 0.717) is 6.04 Å². The summed E-state index contributed by atoms with van der Waals surface area (Å²) < 4.78 is 0. The van der Waals surface area contributed by atoms with E-state index in [1.807, 2.05) is 6.92 Å². The summed E-state index contributed by atoms with van der Waals surface area (Å²) in [5, 5.41) is 4.34. The molecular formula is C15H24Cl2N2. The number of rotatable bonds is 3. The molecule has 1 fully saturated rings. The van der Waals surface area contributed by atoms with Gasteiger partial charge in [0.05, 0.1) is 0 Å². The largest absolute Gasteiger partial charge is 0.317 e. The minimum absolute atomic E-state index is 0. The van der Waals surface area contributed by atoms with E-state index in [9.17, 15) is 0 Å². The van der Waals surface area contributed by atoms with Crippen LogP contribution in [-0.4, -0.2) is 31.1 Å². The highest BCUT2D eigenvalue weighted by Crippen LogP contribution is 2.20. The second kappa shape index (κ2) is 8.11. The van der Waals surface area contributed by atoms with Gasteiger partial charge >= 0.3 is 0 Å². The minimum Gasteiger partial charge on any atom is -0.317 e. The number of nitrogens with zero attached hydrogens (tertiary/aromatic N) is 1. The van der Waals surface area contributed by atoms with Crippen molar-refractivity contribution in [1.82, 2.24) is 10.2 Å². The van der Waals surface area contributed by atoms with Gasteiger partial charge in [-0.2, -0.15) is 0 Å². The fourth-order valence-electron chi connectivity index (χ4n) is 2.59. The fraction of sp³-hybridized carbons (Fsp3) is 0.600. The second-order valence-electron chi connectivity index (χ2n) is 5.33. The molecule has 2 rings (SSSR count). The molecule has 0 radical (unpaired) electrons. The van der Waals surface area contributed by atoms with Crippen molar-refractivity contribution >= 4 is 24.0 Å². The SMILES string of the molecule is Cc1ccc(CN(C)C2CCCNCC2)cc1Cl.Cl. The molecule has 0 bridgehead atoms. The lowest BCUT2D eigenvalue weighted by Gasteiger charge is -2.27. The van der Waals surface area contributed by atoms with E-state index in [1.54, 1.807) is 0 Å². The lowest BCUT2D eigenvalue weighted by molar-refractivity contribution is 0.216. The third kappa shape index (κ3) is 4.96. The maximum atomic E-state index is 6.18. The second-order valence-corrected chi connectivity index (χ2v) is 5.74. The Balaban J connectivity index is 0.00000180. The van der Waals surface area contributed by atoms with Crippen molar-refractivity contribution in [3.05, 3.63) is 34.3 Å². The van der Waals surface area contributed by atoms with Crippen LogP contribution in [0, 0.1) is 6.92 Å². The van der Waals surface area contributed by atoms with Gasteiger partial charge in [0, 0.05) is 17.6 Å². The predicted octanol–water partition coefficient (Wildman–Crippen LogP) is 3.64. The first-order valence-corrected chi connectivity index (χ1v) is 7.20. The van der Waals surface area contributed by atoms with E-state index >= 15 is 0 Å². The van der Waals surface area contributed by atoms with Gasteiger partial charge in [0.2, 0.25) is 0 Å². The van der Waals surface area contributed by atoms with E-state index in [0.717, 1.165) is 23.7 Å². The monoisotopic (exact) mass is 302 g/mol. The first-order chi connectivity index (χ1) is 8.66. The van der Waals surface area contributed by atoms with Crippen LogP contribution in [0.5, 0.6) is 0 Å². The van der Waals surface area contributed by atoms with Gasteiger partial charge in [-0.15, -0.1) is 12.4 Å².